The molecule has 0 heterocycles. The third-order valence-electron chi connectivity index (χ3n) is 2.87. The number of aryl methyl sites for hydroxylation is 1. The second-order valence-electron chi connectivity index (χ2n) is 4.40. The fourth-order valence-electron chi connectivity index (χ4n) is 1.77. The molecule has 88 valence electrons. The first-order chi connectivity index (χ1) is 8.15. The Labute approximate surface area is 102 Å². The minimum absolute atomic E-state index is 0.291. The van der Waals surface area contributed by atoms with Crippen molar-refractivity contribution in [2.45, 2.75) is 19.9 Å². The monoisotopic (exact) mass is 226 g/mol. The van der Waals surface area contributed by atoms with Gasteiger partial charge in [-0.3, -0.25) is 0 Å². The van der Waals surface area contributed by atoms with Crippen molar-refractivity contribution in [2.75, 3.05) is 11.1 Å². The number of rotatable bonds is 3. The van der Waals surface area contributed by atoms with Crippen LogP contribution in [0.2, 0.25) is 0 Å². The lowest BCUT2D eigenvalue weighted by molar-refractivity contribution is 0.884. The lowest BCUT2D eigenvalue weighted by atomic mass is 10.1. The molecule has 0 amide bonds. The van der Waals surface area contributed by atoms with Crippen molar-refractivity contribution < 1.29 is 0 Å². The zero-order chi connectivity index (χ0) is 12.3. The summed E-state index contributed by atoms with van der Waals surface area (Å²) in [6.45, 7) is 4.25. The van der Waals surface area contributed by atoms with E-state index in [1.54, 1.807) is 0 Å². The topological polar surface area (TPSA) is 38.0 Å². The molecular weight excluding hydrogens is 208 g/mol. The molecule has 0 aliphatic carbocycles. The summed E-state index contributed by atoms with van der Waals surface area (Å²) < 4.78 is 0. The van der Waals surface area contributed by atoms with Crippen LogP contribution in [0.25, 0.3) is 0 Å². The Hall–Kier alpha value is -1.96. The van der Waals surface area contributed by atoms with Gasteiger partial charge in [0.05, 0.1) is 0 Å². The molecule has 0 aliphatic rings. The van der Waals surface area contributed by atoms with Crippen LogP contribution in [-0.4, -0.2) is 0 Å². The van der Waals surface area contributed by atoms with Crippen molar-refractivity contribution in [2.24, 2.45) is 0 Å². The highest BCUT2D eigenvalue weighted by molar-refractivity contribution is 5.52. The summed E-state index contributed by atoms with van der Waals surface area (Å²) in [6.07, 6.45) is 0. The Balaban J connectivity index is 2.08. The summed E-state index contributed by atoms with van der Waals surface area (Å²) in [6, 6.07) is 16.7. The van der Waals surface area contributed by atoms with E-state index < -0.39 is 0 Å². The fourth-order valence-corrected chi connectivity index (χ4v) is 1.77. The second-order valence-corrected chi connectivity index (χ2v) is 4.40. The van der Waals surface area contributed by atoms with Crippen LogP contribution in [0.3, 0.4) is 0 Å². The number of anilines is 2. The van der Waals surface area contributed by atoms with Gasteiger partial charge in [0.2, 0.25) is 0 Å². The Morgan fingerprint density at radius 3 is 2.12 bits per heavy atom. The zero-order valence-corrected chi connectivity index (χ0v) is 10.3. The summed E-state index contributed by atoms with van der Waals surface area (Å²) >= 11 is 0. The van der Waals surface area contributed by atoms with E-state index in [0.29, 0.717) is 6.04 Å². The Kier molecular flexibility index (Phi) is 3.33. The van der Waals surface area contributed by atoms with Crippen LogP contribution < -0.4 is 11.1 Å². The van der Waals surface area contributed by atoms with Crippen molar-refractivity contribution in [1.82, 2.24) is 0 Å². The van der Waals surface area contributed by atoms with Gasteiger partial charge in [0.15, 0.2) is 0 Å². The highest BCUT2D eigenvalue weighted by Gasteiger charge is 2.04. The van der Waals surface area contributed by atoms with Crippen molar-refractivity contribution >= 4 is 11.4 Å². The zero-order valence-electron chi connectivity index (χ0n) is 10.3. The first kappa shape index (κ1) is 11.5. The smallest absolute Gasteiger partial charge is 0.0485 e. The summed E-state index contributed by atoms with van der Waals surface area (Å²) in [5.41, 5.74) is 10.1. The van der Waals surface area contributed by atoms with Gasteiger partial charge in [0.1, 0.15) is 0 Å². The van der Waals surface area contributed by atoms with E-state index in [0.717, 1.165) is 11.4 Å². The molecule has 2 rings (SSSR count). The molecule has 0 radical (unpaired) electrons. The van der Waals surface area contributed by atoms with Crippen LogP contribution >= 0.6 is 0 Å². The molecule has 0 saturated heterocycles. The normalized spacial score (nSPS) is 12.1. The predicted octanol–water partition coefficient (Wildman–Crippen LogP) is 3.75. The molecule has 3 N–H and O–H groups in total. The predicted molar refractivity (Wildman–Crippen MR) is 74.1 cm³/mol. The van der Waals surface area contributed by atoms with Crippen molar-refractivity contribution in [1.29, 1.82) is 0 Å². The van der Waals surface area contributed by atoms with Crippen LogP contribution in [0.15, 0.2) is 48.5 Å². The van der Waals surface area contributed by atoms with Gasteiger partial charge in [-0.2, -0.15) is 0 Å². The molecule has 17 heavy (non-hydrogen) atoms. The SMILES string of the molecule is Cc1ccc(C(C)Nc2ccc(N)cc2)cc1. The van der Waals surface area contributed by atoms with Crippen molar-refractivity contribution in [3.8, 4) is 0 Å². The van der Waals surface area contributed by atoms with Crippen molar-refractivity contribution in [3.05, 3.63) is 59.7 Å². The van der Waals surface area contributed by atoms with E-state index in [4.69, 9.17) is 5.73 Å². The molecule has 0 aromatic heterocycles. The number of nitrogen functional groups attached to an aromatic ring is 1. The standard InChI is InChI=1S/C15H18N2/c1-11-3-5-13(6-4-11)12(2)17-15-9-7-14(16)8-10-15/h3-10,12,17H,16H2,1-2H3. The van der Waals surface area contributed by atoms with Gasteiger partial charge in [0.25, 0.3) is 0 Å². The van der Waals surface area contributed by atoms with Crippen molar-refractivity contribution in [3.63, 3.8) is 0 Å². The molecule has 1 atom stereocenters. The highest BCUT2D eigenvalue weighted by Crippen LogP contribution is 2.20. The Morgan fingerprint density at radius 1 is 0.941 bits per heavy atom. The van der Waals surface area contributed by atoms with Gasteiger partial charge in [-0.1, -0.05) is 29.8 Å². The lowest BCUT2D eigenvalue weighted by Crippen LogP contribution is -2.06. The fraction of sp³-hybridized carbons (Fsp3) is 0.200. The molecule has 0 spiro atoms. The quantitative estimate of drug-likeness (QED) is 0.782. The van der Waals surface area contributed by atoms with Crippen LogP contribution in [0.5, 0.6) is 0 Å². The third-order valence-corrected chi connectivity index (χ3v) is 2.87. The number of benzene rings is 2. The van der Waals surface area contributed by atoms with Gasteiger partial charge < -0.3 is 11.1 Å². The van der Waals surface area contributed by atoms with Crippen LogP contribution in [-0.2, 0) is 0 Å². The molecule has 0 bridgehead atoms. The Bertz CT molecular complexity index is 471. The largest absolute Gasteiger partial charge is 0.399 e. The number of hydrogen-bond acceptors (Lipinski definition) is 2. The molecule has 2 aromatic carbocycles. The van der Waals surface area contributed by atoms with Gasteiger partial charge in [-0.25, -0.2) is 0 Å². The van der Waals surface area contributed by atoms with E-state index in [9.17, 15) is 0 Å². The average molecular weight is 226 g/mol. The van der Waals surface area contributed by atoms with E-state index in [1.165, 1.54) is 11.1 Å². The molecule has 2 heteroatoms. The number of hydrogen-bond donors (Lipinski definition) is 2. The van der Waals surface area contributed by atoms with Crippen LogP contribution in [0.4, 0.5) is 11.4 Å². The summed E-state index contributed by atoms with van der Waals surface area (Å²) in [4.78, 5) is 0. The van der Waals surface area contributed by atoms with Gasteiger partial charge in [-0.15, -0.1) is 0 Å². The maximum Gasteiger partial charge on any atom is 0.0485 e. The lowest BCUT2D eigenvalue weighted by Gasteiger charge is -2.16. The molecule has 2 nitrogen and oxygen atoms in total. The van der Waals surface area contributed by atoms with Crippen LogP contribution in [0.1, 0.15) is 24.1 Å². The third kappa shape index (κ3) is 3.00. The summed E-state index contributed by atoms with van der Waals surface area (Å²) in [5, 5.41) is 3.45. The Morgan fingerprint density at radius 2 is 1.53 bits per heavy atom. The average Bonchev–Trinajstić information content (AvgIpc) is 2.33. The maximum absolute atomic E-state index is 5.66. The van der Waals surface area contributed by atoms with E-state index in [-0.39, 0.29) is 0 Å². The maximum atomic E-state index is 5.66. The highest BCUT2D eigenvalue weighted by atomic mass is 14.9. The van der Waals surface area contributed by atoms with E-state index in [2.05, 4.69) is 43.4 Å². The minimum Gasteiger partial charge on any atom is -0.399 e. The second kappa shape index (κ2) is 4.91. The van der Waals surface area contributed by atoms with Gasteiger partial charge >= 0.3 is 0 Å². The molecule has 0 aliphatic heterocycles. The van der Waals surface area contributed by atoms with Gasteiger partial charge in [0, 0.05) is 17.4 Å². The molecular formula is C15H18N2. The number of nitrogens with two attached hydrogens (primary N) is 1. The molecule has 2 aromatic rings. The molecule has 0 saturated carbocycles. The first-order valence-electron chi connectivity index (χ1n) is 5.84. The molecule has 0 fully saturated rings. The minimum atomic E-state index is 0.291. The van der Waals surface area contributed by atoms with Gasteiger partial charge in [-0.05, 0) is 43.7 Å². The van der Waals surface area contributed by atoms with Crippen LogP contribution in [0, 0.1) is 6.92 Å². The number of nitrogens with one attached hydrogen (secondary N) is 1. The first-order valence-corrected chi connectivity index (χ1v) is 5.84. The summed E-state index contributed by atoms with van der Waals surface area (Å²) in [7, 11) is 0. The molecule has 1 unspecified atom stereocenters. The van der Waals surface area contributed by atoms with E-state index in [1.807, 2.05) is 24.3 Å². The van der Waals surface area contributed by atoms with E-state index >= 15 is 0 Å². The summed E-state index contributed by atoms with van der Waals surface area (Å²) in [5.74, 6) is 0.